The standard InChI is InChI=1S/C21H26ClN3O2/c1-4-12-23-19(26)14-25(3)20(16-8-6-5-7-9-16)21(27)24-17-11-10-15(2)18(22)13-17/h5-11,13,20H,4,12,14H2,1-3H3,(H,23,26)(H,24,27)/t20-/m0/s1. The highest BCUT2D eigenvalue weighted by Gasteiger charge is 2.26. The number of halogens is 1. The molecule has 0 saturated carbocycles. The van der Waals surface area contributed by atoms with E-state index >= 15 is 0 Å². The first-order valence-electron chi connectivity index (χ1n) is 9.01. The summed E-state index contributed by atoms with van der Waals surface area (Å²) in [4.78, 5) is 26.9. The topological polar surface area (TPSA) is 61.4 Å². The SMILES string of the molecule is CCCNC(=O)CN(C)[C@H](C(=O)Nc1ccc(C)c(Cl)c1)c1ccccc1. The summed E-state index contributed by atoms with van der Waals surface area (Å²) in [6.45, 7) is 4.65. The fourth-order valence-corrected chi connectivity index (χ4v) is 2.94. The molecule has 0 saturated heterocycles. The van der Waals surface area contributed by atoms with E-state index in [0.717, 1.165) is 17.5 Å². The number of amides is 2. The second-order valence-electron chi connectivity index (χ2n) is 6.53. The maximum absolute atomic E-state index is 13.0. The van der Waals surface area contributed by atoms with E-state index in [2.05, 4.69) is 10.6 Å². The molecule has 0 unspecified atom stereocenters. The molecule has 2 aromatic carbocycles. The van der Waals surface area contributed by atoms with Gasteiger partial charge in [0.1, 0.15) is 6.04 Å². The van der Waals surface area contributed by atoms with Crippen LogP contribution in [-0.4, -0.2) is 36.9 Å². The molecule has 2 amide bonds. The zero-order valence-electron chi connectivity index (χ0n) is 16.0. The minimum absolute atomic E-state index is 0.105. The number of likely N-dealkylation sites (N-methyl/N-ethyl adjacent to an activating group) is 1. The minimum Gasteiger partial charge on any atom is -0.355 e. The van der Waals surface area contributed by atoms with E-state index in [1.165, 1.54) is 0 Å². The highest BCUT2D eigenvalue weighted by atomic mass is 35.5. The number of hydrogen-bond donors (Lipinski definition) is 2. The molecule has 1 atom stereocenters. The maximum atomic E-state index is 13.0. The van der Waals surface area contributed by atoms with Crippen molar-refractivity contribution in [2.45, 2.75) is 26.3 Å². The summed E-state index contributed by atoms with van der Waals surface area (Å²) in [5, 5.41) is 6.35. The number of aryl methyl sites for hydroxylation is 1. The first-order valence-corrected chi connectivity index (χ1v) is 9.39. The molecule has 0 radical (unpaired) electrons. The molecule has 0 aliphatic heterocycles. The third-order valence-electron chi connectivity index (χ3n) is 4.21. The lowest BCUT2D eigenvalue weighted by molar-refractivity contribution is -0.125. The van der Waals surface area contributed by atoms with Crippen molar-refractivity contribution < 1.29 is 9.59 Å². The van der Waals surface area contributed by atoms with Crippen molar-refractivity contribution in [1.82, 2.24) is 10.2 Å². The van der Waals surface area contributed by atoms with Gasteiger partial charge in [0.2, 0.25) is 11.8 Å². The number of carbonyl (C=O) groups excluding carboxylic acids is 2. The Balaban J connectivity index is 2.19. The van der Waals surface area contributed by atoms with Crippen molar-refractivity contribution in [2.24, 2.45) is 0 Å². The summed E-state index contributed by atoms with van der Waals surface area (Å²) < 4.78 is 0. The third kappa shape index (κ3) is 6.08. The number of anilines is 1. The van der Waals surface area contributed by atoms with Crippen LogP contribution in [0.15, 0.2) is 48.5 Å². The first-order chi connectivity index (χ1) is 12.9. The fraction of sp³-hybridized carbons (Fsp3) is 0.333. The van der Waals surface area contributed by atoms with Gasteiger partial charge in [0.05, 0.1) is 6.54 Å². The molecule has 27 heavy (non-hydrogen) atoms. The summed E-state index contributed by atoms with van der Waals surface area (Å²) in [6.07, 6.45) is 0.867. The Bertz CT molecular complexity index is 780. The predicted octanol–water partition coefficient (Wildman–Crippen LogP) is 3.79. The van der Waals surface area contributed by atoms with Crippen molar-refractivity contribution in [3.05, 3.63) is 64.7 Å². The van der Waals surface area contributed by atoms with Crippen LogP contribution in [0.4, 0.5) is 5.69 Å². The molecule has 0 fully saturated rings. The molecule has 5 nitrogen and oxygen atoms in total. The van der Waals surface area contributed by atoms with Crippen molar-refractivity contribution in [2.75, 3.05) is 25.5 Å². The lowest BCUT2D eigenvalue weighted by Crippen LogP contribution is -2.41. The second kappa shape index (κ2) is 10.1. The van der Waals surface area contributed by atoms with E-state index in [0.29, 0.717) is 17.3 Å². The predicted molar refractivity (Wildman–Crippen MR) is 110 cm³/mol. The van der Waals surface area contributed by atoms with E-state index in [9.17, 15) is 9.59 Å². The number of benzene rings is 2. The van der Waals surface area contributed by atoms with E-state index in [1.807, 2.05) is 56.3 Å². The zero-order chi connectivity index (χ0) is 19.8. The Morgan fingerprint density at radius 3 is 2.48 bits per heavy atom. The molecule has 0 spiro atoms. The average molecular weight is 388 g/mol. The van der Waals surface area contributed by atoms with Gasteiger partial charge in [0.25, 0.3) is 0 Å². The van der Waals surface area contributed by atoms with Crippen LogP contribution in [-0.2, 0) is 9.59 Å². The fourth-order valence-electron chi connectivity index (χ4n) is 2.76. The van der Waals surface area contributed by atoms with Gasteiger partial charge in [-0.2, -0.15) is 0 Å². The van der Waals surface area contributed by atoms with Gasteiger partial charge >= 0.3 is 0 Å². The lowest BCUT2D eigenvalue weighted by Gasteiger charge is -2.27. The minimum atomic E-state index is -0.598. The number of hydrogen-bond acceptors (Lipinski definition) is 3. The van der Waals surface area contributed by atoms with E-state index in [-0.39, 0.29) is 18.4 Å². The third-order valence-corrected chi connectivity index (χ3v) is 4.62. The van der Waals surface area contributed by atoms with Crippen LogP contribution in [0, 0.1) is 6.92 Å². The number of nitrogens with zero attached hydrogens (tertiary/aromatic N) is 1. The molecule has 0 aliphatic carbocycles. The van der Waals surface area contributed by atoms with Crippen LogP contribution < -0.4 is 10.6 Å². The lowest BCUT2D eigenvalue weighted by atomic mass is 10.0. The first kappa shape index (κ1) is 20.9. The maximum Gasteiger partial charge on any atom is 0.246 e. The van der Waals surface area contributed by atoms with E-state index in [1.54, 1.807) is 18.0 Å². The van der Waals surface area contributed by atoms with Crippen molar-refractivity contribution in [3.8, 4) is 0 Å². The van der Waals surface area contributed by atoms with Crippen LogP contribution in [0.25, 0.3) is 0 Å². The summed E-state index contributed by atoms with van der Waals surface area (Å²) in [5.74, 6) is -0.321. The van der Waals surface area contributed by atoms with E-state index < -0.39 is 6.04 Å². The summed E-state index contributed by atoms with van der Waals surface area (Å²) in [6, 6.07) is 14.2. The molecular formula is C21H26ClN3O2. The second-order valence-corrected chi connectivity index (χ2v) is 6.94. The Hall–Kier alpha value is -2.37. The van der Waals surface area contributed by atoms with Crippen LogP contribution >= 0.6 is 11.6 Å². The number of rotatable bonds is 8. The monoisotopic (exact) mass is 387 g/mol. The molecule has 2 N–H and O–H groups in total. The Labute approximate surface area is 165 Å². The van der Waals surface area contributed by atoms with Gasteiger partial charge in [0.15, 0.2) is 0 Å². The molecule has 0 aliphatic rings. The van der Waals surface area contributed by atoms with Gasteiger partial charge in [-0.3, -0.25) is 14.5 Å². The van der Waals surface area contributed by atoms with Crippen molar-refractivity contribution >= 4 is 29.1 Å². The molecule has 6 heteroatoms. The molecular weight excluding hydrogens is 362 g/mol. The van der Waals surface area contributed by atoms with Gasteiger partial charge in [0, 0.05) is 17.3 Å². The van der Waals surface area contributed by atoms with Crippen molar-refractivity contribution in [3.63, 3.8) is 0 Å². The summed E-state index contributed by atoms with van der Waals surface area (Å²) in [7, 11) is 1.77. The van der Waals surface area contributed by atoms with Gasteiger partial charge in [-0.15, -0.1) is 0 Å². The highest BCUT2D eigenvalue weighted by molar-refractivity contribution is 6.31. The zero-order valence-corrected chi connectivity index (χ0v) is 16.7. The quantitative estimate of drug-likeness (QED) is 0.724. The molecule has 0 bridgehead atoms. The van der Waals surface area contributed by atoms with Crippen LogP contribution in [0.3, 0.4) is 0 Å². The smallest absolute Gasteiger partial charge is 0.246 e. The highest BCUT2D eigenvalue weighted by Crippen LogP contribution is 2.24. The average Bonchev–Trinajstić information content (AvgIpc) is 2.64. The number of carbonyl (C=O) groups is 2. The molecule has 2 aromatic rings. The normalized spacial score (nSPS) is 11.9. The Kier molecular flexibility index (Phi) is 7.82. The number of nitrogens with one attached hydrogen (secondary N) is 2. The van der Waals surface area contributed by atoms with Crippen LogP contribution in [0.2, 0.25) is 5.02 Å². The van der Waals surface area contributed by atoms with E-state index in [4.69, 9.17) is 11.6 Å². The molecule has 144 valence electrons. The van der Waals surface area contributed by atoms with Gasteiger partial charge in [-0.25, -0.2) is 0 Å². The Morgan fingerprint density at radius 1 is 1.15 bits per heavy atom. The van der Waals surface area contributed by atoms with Crippen LogP contribution in [0.1, 0.15) is 30.5 Å². The summed E-state index contributed by atoms with van der Waals surface area (Å²) in [5.41, 5.74) is 2.39. The van der Waals surface area contributed by atoms with Crippen molar-refractivity contribution in [1.29, 1.82) is 0 Å². The van der Waals surface area contributed by atoms with Gasteiger partial charge in [-0.1, -0.05) is 54.9 Å². The van der Waals surface area contributed by atoms with Gasteiger partial charge in [-0.05, 0) is 43.7 Å². The Morgan fingerprint density at radius 2 is 1.85 bits per heavy atom. The largest absolute Gasteiger partial charge is 0.355 e. The van der Waals surface area contributed by atoms with Crippen LogP contribution in [0.5, 0.6) is 0 Å². The molecule has 0 aromatic heterocycles. The summed E-state index contributed by atoms with van der Waals surface area (Å²) >= 11 is 6.16. The molecule has 2 rings (SSSR count). The molecule has 0 heterocycles. The van der Waals surface area contributed by atoms with Gasteiger partial charge < -0.3 is 10.6 Å².